The van der Waals surface area contributed by atoms with Crippen molar-refractivity contribution in [1.29, 1.82) is 0 Å². The van der Waals surface area contributed by atoms with Gasteiger partial charge in [-0.05, 0) is 18.2 Å². The molecule has 0 aliphatic carbocycles. The number of methoxy groups -OCH3 is 1. The lowest BCUT2D eigenvalue weighted by Crippen LogP contribution is -2.24. The fourth-order valence-electron chi connectivity index (χ4n) is 3.66. The summed E-state index contributed by atoms with van der Waals surface area (Å²) in [7, 11) is 1.62. The van der Waals surface area contributed by atoms with Crippen molar-refractivity contribution in [2.24, 2.45) is 0 Å². The maximum Gasteiger partial charge on any atom is 0.263 e. The molecule has 0 fully saturated rings. The van der Waals surface area contributed by atoms with E-state index in [0.29, 0.717) is 46.1 Å². The van der Waals surface area contributed by atoms with Gasteiger partial charge in [0.1, 0.15) is 5.75 Å². The fraction of sp³-hybridized carbons (Fsp3) is 0.261. The number of hydrogen-bond donors (Lipinski definition) is 0. The van der Waals surface area contributed by atoms with Crippen LogP contribution >= 0.6 is 11.8 Å². The number of fused-ring (bicyclic) bond motifs is 3. The molecule has 2 aromatic carbocycles. The molecule has 0 N–H and O–H groups in total. The molecular weight excluding hydrogens is 440 g/mol. The molecule has 0 aliphatic heterocycles. The number of rotatable bonds is 7. The normalized spacial score (nSPS) is 11.6. The Bertz CT molecular complexity index is 1500. The summed E-state index contributed by atoms with van der Waals surface area (Å²) in [5, 5.41) is 18.2. The van der Waals surface area contributed by atoms with Gasteiger partial charge in [-0.2, -0.15) is 0 Å². The van der Waals surface area contributed by atoms with Crippen molar-refractivity contribution in [2.45, 2.75) is 37.2 Å². The van der Waals surface area contributed by atoms with Crippen LogP contribution in [-0.2, 0) is 12.3 Å². The van der Waals surface area contributed by atoms with Gasteiger partial charge in [-0.15, -0.1) is 20.4 Å². The minimum absolute atomic E-state index is 0.133. The van der Waals surface area contributed by atoms with Crippen molar-refractivity contribution in [3.05, 3.63) is 76.2 Å². The van der Waals surface area contributed by atoms with Crippen molar-refractivity contribution in [1.82, 2.24) is 29.4 Å². The molecule has 0 spiro atoms. The van der Waals surface area contributed by atoms with Crippen LogP contribution in [0.1, 0.15) is 37.1 Å². The lowest BCUT2D eigenvalue weighted by Gasteiger charge is -2.13. The standard InChI is InChI=1S/C23H22N6O3S/c1-14(2)20-25-24-19(32-20)13-33-23-27-26-22-28(12-15-8-4-7-11-18(15)31-3)21(30)16-9-5-6-10-17(16)29(22)23/h4-11,14H,12-13H2,1-3H3. The van der Waals surface area contributed by atoms with E-state index < -0.39 is 0 Å². The van der Waals surface area contributed by atoms with E-state index in [1.807, 2.05) is 66.8 Å². The van der Waals surface area contributed by atoms with Gasteiger partial charge in [-0.25, -0.2) is 0 Å². The molecule has 0 radical (unpaired) electrons. The first-order chi connectivity index (χ1) is 16.1. The van der Waals surface area contributed by atoms with Crippen LogP contribution in [0, 0.1) is 0 Å². The molecule has 9 nitrogen and oxygen atoms in total. The number of aromatic nitrogens is 6. The largest absolute Gasteiger partial charge is 0.496 e. The molecule has 0 atom stereocenters. The van der Waals surface area contributed by atoms with Crippen LogP contribution < -0.4 is 10.3 Å². The summed E-state index contributed by atoms with van der Waals surface area (Å²) < 4.78 is 14.7. The van der Waals surface area contributed by atoms with Crippen molar-refractivity contribution >= 4 is 28.4 Å². The summed E-state index contributed by atoms with van der Waals surface area (Å²) in [6, 6.07) is 15.1. The third-order valence-electron chi connectivity index (χ3n) is 5.30. The molecule has 0 saturated heterocycles. The predicted octanol–water partition coefficient (Wildman–Crippen LogP) is 3.90. The number of thioether (sulfide) groups is 1. The quantitative estimate of drug-likeness (QED) is 0.336. The Kier molecular flexibility index (Phi) is 5.59. The molecule has 168 valence electrons. The predicted molar refractivity (Wildman–Crippen MR) is 125 cm³/mol. The lowest BCUT2D eigenvalue weighted by atomic mass is 10.2. The number of hydrogen-bond acceptors (Lipinski definition) is 8. The average molecular weight is 463 g/mol. The number of para-hydroxylation sites is 2. The lowest BCUT2D eigenvalue weighted by molar-refractivity contribution is 0.408. The first-order valence-corrected chi connectivity index (χ1v) is 11.5. The summed E-state index contributed by atoms with van der Waals surface area (Å²) in [5.74, 6) is 2.90. The van der Waals surface area contributed by atoms with Crippen LogP contribution in [0.2, 0.25) is 0 Å². The van der Waals surface area contributed by atoms with E-state index in [4.69, 9.17) is 9.15 Å². The van der Waals surface area contributed by atoms with Gasteiger partial charge in [0.05, 0.1) is 30.3 Å². The highest BCUT2D eigenvalue weighted by Gasteiger charge is 2.19. The summed E-state index contributed by atoms with van der Waals surface area (Å²) in [6.07, 6.45) is 0. The highest BCUT2D eigenvalue weighted by atomic mass is 32.2. The second kappa shape index (κ2) is 8.70. The van der Waals surface area contributed by atoms with Crippen molar-refractivity contribution < 1.29 is 9.15 Å². The van der Waals surface area contributed by atoms with Crippen molar-refractivity contribution in [2.75, 3.05) is 7.11 Å². The third-order valence-corrected chi connectivity index (χ3v) is 6.21. The van der Waals surface area contributed by atoms with E-state index in [2.05, 4.69) is 20.4 Å². The summed E-state index contributed by atoms with van der Waals surface area (Å²) in [4.78, 5) is 13.4. The summed E-state index contributed by atoms with van der Waals surface area (Å²) >= 11 is 1.43. The van der Waals surface area contributed by atoms with Gasteiger partial charge in [0.2, 0.25) is 17.6 Å². The molecule has 0 bridgehead atoms. The Morgan fingerprint density at radius 2 is 1.82 bits per heavy atom. The molecule has 3 aromatic heterocycles. The van der Waals surface area contributed by atoms with Gasteiger partial charge < -0.3 is 9.15 Å². The average Bonchev–Trinajstić information content (AvgIpc) is 3.48. The maximum absolute atomic E-state index is 13.4. The van der Waals surface area contributed by atoms with Crippen LogP contribution in [0.15, 0.2) is 62.9 Å². The minimum atomic E-state index is -0.133. The topological polar surface area (TPSA) is 100 Å². The van der Waals surface area contributed by atoms with Gasteiger partial charge in [0.15, 0.2) is 5.16 Å². The first-order valence-electron chi connectivity index (χ1n) is 10.5. The Labute approximate surface area is 193 Å². The van der Waals surface area contributed by atoms with E-state index in [1.54, 1.807) is 11.7 Å². The van der Waals surface area contributed by atoms with Gasteiger partial charge in [-0.3, -0.25) is 13.8 Å². The van der Waals surface area contributed by atoms with Crippen LogP contribution in [-0.4, -0.2) is 36.5 Å². The zero-order valence-electron chi connectivity index (χ0n) is 18.4. The molecule has 0 saturated carbocycles. The molecule has 5 rings (SSSR count). The van der Waals surface area contributed by atoms with Crippen LogP contribution in [0.5, 0.6) is 5.75 Å². The van der Waals surface area contributed by atoms with Crippen LogP contribution in [0.4, 0.5) is 0 Å². The fourth-order valence-corrected chi connectivity index (χ4v) is 4.43. The first kappa shape index (κ1) is 21.2. The van der Waals surface area contributed by atoms with E-state index in [0.717, 1.165) is 11.1 Å². The SMILES string of the molecule is COc1ccccc1Cn1c(=O)c2ccccc2n2c(SCc3nnc(C(C)C)o3)nnc12. The van der Waals surface area contributed by atoms with E-state index >= 15 is 0 Å². The van der Waals surface area contributed by atoms with Gasteiger partial charge >= 0.3 is 0 Å². The van der Waals surface area contributed by atoms with Crippen LogP contribution in [0.25, 0.3) is 16.7 Å². The Morgan fingerprint density at radius 3 is 2.61 bits per heavy atom. The molecule has 3 heterocycles. The number of nitrogens with zero attached hydrogens (tertiary/aromatic N) is 6. The molecular formula is C23H22N6O3S. The number of ether oxygens (including phenoxy) is 1. The Morgan fingerprint density at radius 1 is 1.03 bits per heavy atom. The molecule has 0 aliphatic rings. The molecule has 0 unspecified atom stereocenters. The third kappa shape index (κ3) is 3.86. The molecule has 5 aromatic rings. The Hall–Kier alpha value is -3.66. The van der Waals surface area contributed by atoms with Crippen molar-refractivity contribution in [3.8, 4) is 5.75 Å². The second-order valence-electron chi connectivity index (χ2n) is 7.82. The number of benzene rings is 2. The molecule has 33 heavy (non-hydrogen) atoms. The highest BCUT2D eigenvalue weighted by Crippen LogP contribution is 2.26. The smallest absolute Gasteiger partial charge is 0.263 e. The van der Waals surface area contributed by atoms with E-state index in [-0.39, 0.29) is 11.5 Å². The van der Waals surface area contributed by atoms with Gasteiger partial charge in [0, 0.05) is 11.5 Å². The molecule has 10 heteroatoms. The summed E-state index contributed by atoms with van der Waals surface area (Å²) in [5.41, 5.74) is 1.49. The monoisotopic (exact) mass is 462 g/mol. The highest BCUT2D eigenvalue weighted by molar-refractivity contribution is 7.98. The van der Waals surface area contributed by atoms with Gasteiger partial charge in [0.25, 0.3) is 5.56 Å². The second-order valence-corrected chi connectivity index (χ2v) is 8.76. The minimum Gasteiger partial charge on any atom is -0.496 e. The zero-order valence-corrected chi connectivity index (χ0v) is 19.2. The van der Waals surface area contributed by atoms with E-state index in [1.165, 1.54) is 11.8 Å². The Balaban J connectivity index is 1.60. The zero-order chi connectivity index (χ0) is 22.9. The molecule has 0 amide bonds. The summed E-state index contributed by atoms with van der Waals surface area (Å²) in [6.45, 7) is 4.31. The van der Waals surface area contributed by atoms with Gasteiger partial charge in [-0.1, -0.05) is 55.9 Å². The van der Waals surface area contributed by atoms with E-state index in [9.17, 15) is 4.79 Å². The van der Waals surface area contributed by atoms with Crippen molar-refractivity contribution in [3.63, 3.8) is 0 Å². The van der Waals surface area contributed by atoms with Crippen LogP contribution in [0.3, 0.4) is 0 Å². The maximum atomic E-state index is 13.4.